The third kappa shape index (κ3) is 3.13. The molecule has 0 saturated carbocycles. The third-order valence-electron chi connectivity index (χ3n) is 2.57. The Balaban J connectivity index is 2.19. The van der Waals surface area contributed by atoms with Crippen LogP contribution in [0.3, 0.4) is 0 Å². The van der Waals surface area contributed by atoms with E-state index < -0.39 is 0 Å². The van der Waals surface area contributed by atoms with E-state index in [0.29, 0.717) is 30.3 Å². The van der Waals surface area contributed by atoms with Gasteiger partial charge in [0.2, 0.25) is 0 Å². The average molecular weight is 260 g/mol. The van der Waals surface area contributed by atoms with Crippen molar-refractivity contribution in [2.45, 2.75) is 13.5 Å². The van der Waals surface area contributed by atoms with Crippen molar-refractivity contribution in [3.63, 3.8) is 0 Å². The van der Waals surface area contributed by atoms with Gasteiger partial charge in [-0.1, -0.05) is 6.07 Å². The molecule has 1 aromatic carbocycles. The first-order valence-electron chi connectivity index (χ1n) is 6.07. The summed E-state index contributed by atoms with van der Waals surface area (Å²) in [6.45, 7) is 2.70. The highest BCUT2D eigenvalue weighted by molar-refractivity contribution is 5.81. The molecule has 0 aliphatic carbocycles. The van der Waals surface area contributed by atoms with Crippen molar-refractivity contribution in [3.8, 4) is 11.5 Å². The Labute approximate surface area is 111 Å². The number of hydrogen-bond acceptors (Lipinski definition) is 4. The molecule has 0 unspecified atom stereocenters. The van der Waals surface area contributed by atoms with Crippen molar-refractivity contribution in [3.05, 3.63) is 41.7 Å². The number of aromatic nitrogens is 2. The largest absolute Gasteiger partial charge is 0.490 e. The lowest BCUT2D eigenvalue weighted by Gasteiger charge is -2.12. The number of aldehydes is 1. The standard InChI is InChI=1S/C14H16N2O3/c1-3-18-13-6-4-5-11(9-17)14(13)19-10-12-7-8-16(2)15-12/h4-9H,3,10H2,1-2H3. The second-order valence-corrected chi connectivity index (χ2v) is 3.99. The van der Waals surface area contributed by atoms with Gasteiger partial charge in [-0.15, -0.1) is 0 Å². The van der Waals surface area contributed by atoms with Gasteiger partial charge in [0.1, 0.15) is 6.61 Å². The van der Waals surface area contributed by atoms with Crippen LogP contribution in [0.5, 0.6) is 11.5 Å². The minimum absolute atomic E-state index is 0.297. The molecule has 2 aromatic rings. The van der Waals surface area contributed by atoms with E-state index >= 15 is 0 Å². The number of para-hydroxylation sites is 1. The molecule has 5 heteroatoms. The second-order valence-electron chi connectivity index (χ2n) is 3.99. The van der Waals surface area contributed by atoms with Crippen LogP contribution in [-0.4, -0.2) is 22.7 Å². The lowest BCUT2D eigenvalue weighted by atomic mass is 10.2. The molecule has 0 atom stereocenters. The number of ether oxygens (including phenoxy) is 2. The number of rotatable bonds is 6. The van der Waals surface area contributed by atoms with Crippen LogP contribution in [0.15, 0.2) is 30.5 Å². The van der Waals surface area contributed by atoms with E-state index in [-0.39, 0.29) is 0 Å². The van der Waals surface area contributed by atoms with E-state index in [2.05, 4.69) is 5.10 Å². The van der Waals surface area contributed by atoms with E-state index in [1.54, 1.807) is 22.9 Å². The van der Waals surface area contributed by atoms with E-state index in [1.807, 2.05) is 26.2 Å². The molecule has 1 heterocycles. The van der Waals surface area contributed by atoms with Crippen molar-refractivity contribution >= 4 is 6.29 Å². The summed E-state index contributed by atoms with van der Waals surface area (Å²) in [7, 11) is 1.84. The summed E-state index contributed by atoms with van der Waals surface area (Å²) in [5.74, 6) is 1.04. The van der Waals surface area contributed by atoms with Gasteiger partial charge in [0.05, 0.1) is 17.9 Å². The summed E-state index contributed by atoms with van der Waals surface area (Å²) in [5, 5.41) is 4.22. The molecule has 0 N–H and O–H groups in total. The molecule has 0 fully saturated rings. The van der Waals surface area contributed by atoms with Crippen LogP contribution in [0, 0.1) is 0 Å². The van der Waals surface area contributed by atoms with Gasteiger partial charge < -0.3 is 9.47 Å². The molecule has 0 amide bonds. The fraction of sp³-hybridized carbons (Fsp3) is 0.286. The zero-order valence-corrected chi connectivity index (χ0v) is 11.0. The topological polar surface area (TPSA) is 53.4 Å². The van der Waals surface area contributed by atoms with E-state index in [0.717, 1.165) is 12.0 Å². The Morgan fingerprint density at radius 2 is 2.16 bits per heavy atom. The molecule has 2 rings (SSSR count). The Morgan fingerprint density at radius 3 is 2.79 bits per heavy atom. The van der Waals surface area contributed by atoms with Crippen molar-refractivity contribution in [1.29, 1.82) is 0 Å². The van der Waals surface area contributed by atoms with Gasteiger partial charge in [-0.05, 0) is 25.1 Å². The summed E-state index contributed by atoms with van der Waals surface area (Å²) in [5.41, 5.74) is 1.27. The monoisotopic (exact) mass is 260 g/mol. The number of benzene rings is 1. The fourth-order valence-corrected chi connectivity index (χ4v) is 1.74. The van der Waals surface area contributed by atoms with Crippen LogP contribution < -0.4 is 9.47 Å². The highest BCUT2D eigenvalue weighted by atomic mass is 16.5. The van der Waals surface area contributed by atoms with E-state index in [4.69, 9.17) is 9.47 Å². The number of carbonyl (C=O) groups excluding carboxylic acids is 1. The number of aryl methyl sites for hydroxylation is 1. The van der Waals surface area contributed by atoms with Crippen molar-refractivity contribution in [2.24, 2.45) is 7.05 Å². The van der Waals surface area contributed by atoms with Gasteiger partial charge in [-0.25, -0.2) is 0 Å². The van der Waals surface area contributed by atoms with E-state index in [1.165, 1.54) is 0 Å². The molecule has 0 aliphatic rings. The van der Waals surface area contributed by atoms with Crippen molar-refractivity contribution in [2.75, 3.05) is 6.61 Å². The maximum atomic E-state index is 11.0. The summed E-state index contributed by atoms with van der Waals surface area (Å²) >= 11 is 0. The average Bonchev–Trinajstić information content (AvgIpc) is 2.83. The lowest BCUT2D eigenvalue weighted by molar-refractivity contribution is 0.111. The second kappa shape index (κ2) is 6.04. The normalized spacial score (nSPS) is 10.2. The molecule has 0 radical (unpaired) electrons. The number of hydrogen-bond donors (Lipinski definition) is 0. The zero-order chi connectivity index (χ0) is 13.7. The zero-order valence-electron chi connectivity index (χ0n) is 11.0. The summed E-state index contributed by atoms with van der Waals surface area (Å²) in [6, 6.07) is 7.11. The minimum Gasteiger partial charge on any atom is -0.490 e. The maximum absolute atomic E-state index is 11.0. The van der Waals surface area contributed by atoms with Crippen LogP contribution in [-0.2, 0) is 13.7 Å². The van der Waals surface area contributed by atoms with Crippen LogP contribution in [0.25, 0.3) is 0 Å². The molecule has 0 saturated heterocycles. The first-order valence-corrected chi connectivity index (χ1v) is 6.07. The first-order chi connectivity index (χ1) is 9.24. The third-order valence-corrected chi connectivity index (χ3v) is 2.57. The van der Waals surface area contributed by atoms with Crippen LogP contribution in [0.1, 0.15) is 23.0 Å². The highest BCUT2D eigenvalue weighted by Gasteiger charge is 2.11. The molecule has 1 aromatic heterocycles. The van der Waals surface area contributed by atoms with Gasteiger partial charge in [-0.2, -0.15) is 5.10 Å². The summed E-state index contributed by atoms with van der Waals surface area (Å²) in [4.78, 5) is 11.0. The number of carbonyl (C=O) groups is 1. The van der Waals surface area contributed by atoms with Crippen LogP contribution in [0.4, 0.5) is 0 Å². The highest BCUT2D eigenvalue weighted by Crippen LogP contribution is 2.30. The van der Waals surface area contributed by atoms with Crippen molar-refractivity contribution < 1.29 is 14.3 Å². The molecule has 0 bridgehead atoms. The van der Waals surface area contributed by atoms with Crippen molar-refractivity contribution in [1.82, 2.24) is 9.78 Å². The van der Waals surface area contributed by atoms with Gasteiger partial charge >= 0.3 is 0 Å². The number of nitrogens with zero attached hydrogens (tertiary/aromatic N) is 2. The van der Waals surface area contributed by atoms with Gasteiger partial charge in [0.25, 0.3) is 0 Å². The Kier molecular flexibility index (Phi) is 4.18. The van der Waals surface area contributed by atoms with Gasteiger partial charge in [-0.3, -0.25) is 9.48 Å². The van der Waals surface area contributed by atoms with Gasteiger partial charge in [0.15, 0.2) is 17.8 Å². The molecular weight excluding hydrogens is 244 g/mol. The minimum atomic E-state index is 0.297. The maximum Gasteiger partial charge on any atom is 0.172 e. The fourth-order valence-electron chi connectivity index (χ4n) is 1.74. The predicted octanol–water partition coefficient (Wildman–Crippen LogP) is 2.21. The summed E-state index contributed by atoms with van der Waals surface area (Å²) < 4.78 is 12.8. The first kappa shape index (κ1) is 13.1. The Bertz CT molecular complexity index is 564. The smallest absolute Gasteiger partial charge is 0.172 e. The molecule has 100 valence electrons. The quantitative estimate of drug-likeness (QED) is 0.747. The van der Waals surface area contributed by atoms with E-state index in [9.17, 15) is 4.79 Å². The predicted molar refractivity (Wildman–Crippen MR) is 70.5 cm³/mol. The molecule has 5 nitrogen and oxygen atoms in total. The lowest BCUT2D eigenvalue weighted by Crippen LogP contribution is -2.03. The van der Waals surface area contributed by atoms with Crippen LogP contribution >= 0.6 is 0 Å². The van der Waals surface area contributed by atoms with Gasteiger partial charge in [0, 0.05) is 13.2 Å². The summed E-state index contributed by atoms with van der Waals surface area (Å²) in [6.07, 6.45) is 2.60. The SMILES string of the molecule is CCOc1cccc(C=O)c1OCc1ccn(C)n1. The molecule has 0 spiro atoms. The molecular formula is C14H16N2O3. The molecule has 19 heavy (non-hydrogen) atoms. The molecule has 0 aliphatic heterocycles. The Morgan fingerprint density at radius 1 is 1.32 bits per heavy atom. The van der Waals surface area contributed by atoms with Crippen LogP contribution in [0.2, 0.25) is 0 Å². The Hall–Kier alpha value is -2.30.